The Kier molecular flexibility index (Phi) is 21.0. The number of ether oxygens (including phenoxy) is 8. The van der Waals surface area contributed by atoms with Gasteiger partial charge < -0.3 is 37.9 Å². The molecule has 24 heteroatoms. The molecule has 4 rings (SSSR count). The number of benzene rings is 4. The number of rotatable bonds is 20. The van der Waals surface area contributed by atoms with Crippen molar-refractivity contribution < 1.29 is 115 Å². The minimum absolute atomic E-state index is 0.109. The van der Waals surface area contributed by atoms with Gasteiger partial charge >= 0.3 is 48.5 Å². The van der Waals surface area contributed by atoms with E-state index in [1.807, 2.05) is 0 Å². The van der Waals surface area contributed by atoms with Crippen LogP contribution in [-0.2, 0) is 58.0 Å². The summed E-state index contributed by atoms with van der Waals surface area (Å²) in [7, 11) is 0. The Bertz CT molecular complexity index is 2070. The Morgan fingerprint density at radius 3 is 0.754 bits per heavy atom. The molecule has 0 saturated heterocycles. The number of hydrogen-bond acceptors (Lipinski definition) is 24. The van der Waals surface area contributed by atoms with Gasteiger partial charge in [-0.25, -0.2) is 58.3 Å². The second kappa shape index (κ2) is 27.5. The lowest BCUT2D eigenvalue weighted by Crippen LogP contribution is -2.44. The van der Waals surface area contributed by atoms with E-state index >= 15 is 0 Å². The monoisotopic (exact) mass is 968 g/mol. The number of hydrogen-bond donors (Lipinski definition) is 0. The van der Waals surface area contributed by atoms with E-state index in [0.717, 1.165) is 0 Å². The summed E-state index contributed by atoms with van der Waals surface area (Å²) in [6, 6.07) is 22.4. The fourth-order valence-corrected chi connectivity index (χ4v) is 5.19. The van der Waals surface area contributed by atoms with Crippen LogP contribution in [-0.4, -0.2) is 101 Å². The van der Waals surface area contributed by atoms with Crippen molar-refractivity contribution in [3.63, 3.8) is 0 Å². The van der Waals surface area contributed by atoms with Crippen LogP contribution >= 0.6 is 0 Å². The maximum absolute atomic E-state index is 12.8. The van der Waals surface area contributed by atoms with Gasteiger partial charge in [0.05, 0.1) is 48.7 Å². The first-order chi connectivity index (χ1) is 33.3. The van der Waals surface area contributed by atoms with Gasteiger partial charge in [-0.1, -0.05) is 24.3 Å². The molecule has 24 nitrogen and oxygen atoms in total. The fraction of sp³-hybridized carbons (Fsp3) is 0.289. The SMILES string of the molecule is CCOc1cccc(C(=O)OOC(=O)OCC(COC(=O)OOC(=O)c2cccc(OCC)c2)(COC(=O)OOC(=O)c2cccc(OCC)c2)COC(=O)OOC(=O)c2cccc(OCC)c2)c1. The second-order valence-electron chi connectivity index (χ2n) is 13.3. The van der Waals surface area contributed by atoms with Gasteiger partial charge in [0.15, 0.2) is 0 Å². The summed E-state index contributed by atoms with van der Waals surface area (Å²) in [6.45, 7) is 3.33. The lowest BCUT2D eigenvalue weighted by Gasteiger charge is -2.30. The van der Waals surface area contributed by atoms with Crippen LogP contribution in [0.2, 0.25) is 0 Å². The van der Waals surface area contributed by atoms with Crippen molar-refractivity contribution in [1.82, 2.24) is 0 Å². The lowest BCUT2D eigenvalue weighted by molar-refractivity contribution is -0.223. The normalized spacial score (nSPS) is 10.4. The molecule has 0 N–H and O–H groups in total. The van der Waals surface area contributed by atoms with E-state index in [-0.39, 0.29) is 71.7 Å². The Morgan fingerprint density at radius 1 is 0.333 bits per heavy atom. The van der Waals surface area contributed by atoms with E-state index in [4.69, 9.17) is 37.9 Å². The molecule has 0 atom stereocenters. The third-order valence-corrected chi connectivity index (χ3v) is 8.25. The molecular weight excluding hydrogens is 924 g/mol. The average molecular weight is 969 g/mol. The molecule has 0 fully saturated rings. The first-order valence-corrected chi connectivity index (χ1v) is 20.4. The molecule has 0 saturated carbocycles. The van der Waals surface area contributed by atoms with Crippen molar-refractivity contribution in [2.24, 2.45) is 5.41 Å². The molecule has 0 heterocycles. The van der Waals surface area contributed by atoms with E-state index in [2.05, 4.69) is 39.1 Å². The van der Waals surface area contributed by atoms with E-state index in [1.54, 1.807) is 52.0 Å². The summed E-state index contributed by atoms with van der Waals surface area (Å²) < 4.78 is 41.6. The van der Waals surface area contributed by atoms with Crippen LogP contribution in [0.3, 0.4) is 0 Å². The highest BCUT2D eigenvalue weighted by molar-refractivity contribution is 5.91. The van der Waals surface area contributed by atoms with Gasteiger partial charge in [-0.3, -0.25) is 0 Å². The molecule has 4 aromatic carbocycles. The van der Waals surface area contributed by atoms with Crippen LogP contribution in [0.15, 0.2) is 97.1 Å². The van der Waals surface area contributed by atoms with Crippen molar-refractivity contribution in [3.05, 3.63) is 119 Å². The minimum atomic E-state index is -2.30. The molecule has 0 amide bonds. The molecule has 0 bridgehead atoms. The highest BCUT2D eigenvalue weighted by Gasteiger charge is 2.40. The molecule has 0 radical (unpaired) electrons. The predicted molar refractivity (Wildman–Crippen MR) is 224 cm³/mol. The van der Waals surface area contributed by atoms with Gasteiger partial charge in [0.25, 0.3) is 0 Å². The summed E-state index contributed by atoms with van der Waals surface area (Å²) in [4.78, 5) is 138. The molecule has 4 aromatic rings. The van der Waals surface area contributed by atoms with Crippen molar-refractivity contribution in [3.8, 4) is 23.0 Å². The van der Waals surface area contributed by atoms with Crippen LogP contribution < -0.4 is 18.9 Å². The van der Waals surface area contributed by atoms with Crippen molar-refractivity contribution in [2.45, 2.75) is 27.7 Å². The molecule has 0 aromatic heterocycles. The van der Waals surface area contributed by atoms with E-state index in [9.17, 15) is 38.4 Å². The van der Waals surface area contributed by atoms with Gasteiger partial charge in [-0.2, -0.15) is 19.2 Å². The standard InChI is InChI=1S/C45H44O24/c1-5-54-33-17-9-13-29(21-33)37(46)62-66-41(50)58-25-45(26-59-42(51)67-63-38(47)30-14-10-18-34(22-30)55-6-2,27-60-43(52)68-64-39(48)31-15-11-19-35(23-31)56-7-3)28-61-44(53)69-65-40(49)32-16-12-20-36(24-32)57-8-4/h9-24H,5-8,25-28H2,1-4H3. The van der Waals surface area contributed by atoms with Crippen LogP contribution in [0.25, 0.3) is 0 Å². The summed E-state index contributed by atoms with van der Waals surface area (Å²) in [5.74, 6) is -3.57. The quantitative estimate of drug-likeness (QED) is 0.0364. The smallest absolute Gasteiger partial charge is 0.494 e. The van der Waals surface area contributed by atoms with Crippen molar-refractivity contribution in [1.29, 1.82) is 0 Å². The Morgan fingerprint density at radius 2 is 0.551 bits per heavy atom. The predicted octanol–water partition coefficient (Wildman–Crippen LogP) is 7.27. The van der Waals surface area contributed by atoms with Crippen LogP contribution in [0.1, 0.15) is 69.1 Å². The Balaban J connectivity index is 1.52. The molecule has 0 spiro atoms. The molecule has 368 valence electrons. The maximum Gasteiger partial charge on any atom is 0.549 e. The molecule has 0 unspecified atom stereocenters. The zero-order chi connectivity index (χ0) is 50.0. The minimum Gasteiger partial charge on any atom is -0.494 e. The van der Waals surface area contributed by atoms with Crippen molar-refractivity contribution in [2.75, 3.05) is 52.9 Å². The van der Waals surface area contributed by atoms with Crippen LogP contribution in [0.5, 0.6) is 23.0 Å². The number of carbonyl (C=O) groups excluding carboxylic acids is 8. The zero-order valence-electron chi connectivity index (χ0n) is 37.2. The van der Waals surface area contributed by atoms with E-state index in [0.29, 0.717) is 0 Å². The third kappa shape index (κ3) is 18.1. The zero-order valence-corrected chi connectivity index (χ0v) is 37.2. The van der Waals surface area contributed by atoms with E-state index < -0.39 is 80.3 Å². The molecule has 0 aliphatic heterocycles. The summed E-state index contributed by atoms with van der Waals surface area (Å²) >= 11 is 0. The van der Waals surface area contributed by atoms with Gasteiger partial charge in [-0.15, -0.1) is 0 Å². The van der Waals surface area contributed by atoms with Crippen LogP contribution in [0, 0.1) is 5.41 Å². The summed E-state index contributed by atoms with van der Waals surface area (Å²) in [6.07, 6.45) is -6.96. The average Bonchev–Trinajstić information content (AvgIpc) is 3.36. The Hall–Kier alpha value is -8.96. The summed E-state index contributed by atoms with van der Waals surface area (Å²) in [5.41, 5.74) is -2.74. The third-order valence-electron chi connectivity index (χ3n) is 8.25. The Labute approximate surface area is 391 Å². The fourth-order valence-electron chi connectivity index (χ4n) is 5.19. The van der Waals surface area contributed by atoms with Crippen LogP contribution in [0.4, 0.5) is 19.2 Å². The van der Waals surface area contributed by atoms with Gasteiger partial charge in [0.1, 0.15) is 54.8 Å². The largest absolute Gasteiger partial charge is 0.549 e. The van der Waals surface area contributed by atoms with Gasteiger partial charge in [0.2, 0.25) is 0 Å². The van der Waals surface area contributed by atoms with Crippen molar-refractivity contribution >= 4 is 48.5 Å². The van der Waals surface area contributed by atoms with Gasteiger partial charge in [0, 0.05) is 0 Å². The first kappa shape index (κ1) is 52.7. The molecule has 0 aliphatic carbocycles. The maximum atomic E-state index is 12.8. The van der Waals surface area contributed by atoms with Gasteiger partial charge in [-0.05, 0) is 100 Å². The highest BCUT2D eigenvalue weighted by Crippen LogP contribution is 2.24. The second-order valence-corrected chi connectivity index (χ2v) is 13.3. The highest BCUT2D eigenvalue weighted by atomic mass is 17.3. The molecule has 69 heavy (non-hydrogen) atoms. The topological polar surface area (TPSA) is 284 Å². The lowest BCUT2D eigenvalue weighted by atomic mass is 9.92. The van der Waals surface area contributed by atoms with E-state index in [1.165, 1.54) is 72.8 Å². The molecule has 0 aliphatic rings. The molecular formula is C45H44O24. The summed E-state index contributed by atoms with van der Waals surface area (Å²) in [5, 5.41) is 0. The number of carbonyl (C=O) groups is 8. The first-order valence-electron chi connectivity index (χ1n) is 20.4.